The highest BCUT2D eigenvalue weighted by molar-refractivity contribution is 7.92. The number of carbonyl (C=O) groups is 1. The lowest BCUT2D eigenvalue weighted by Crippen LogP contribution is -2.16. The average Bonchev–Trinajstić information content (AvgIpc) is 2.73. The molecule has 0 unspecified atom stereocenters. The molecule has 7 heteroatoms. The number of para-hydroxylation sites is 1. The number of nitrogens with one attached hydrogen (secondary N) is 1. The standard InChI is InChI=1S/C23H23NO5S/c1-15-9-11-17(12-10-15)30(26,27)24-20-8-6-5-7-18(20)23(25)19-14-22(29-4)21(28-3)13-16(19)2/h5-14,24H,1-4H3. The van der Waals surface area contributed by atoms with E-state index in [1.807, 2.05) is 6.92 Å². The van der Waals surface area contributed by atoms with Gasteiger partial charge in [-0.25, -0.2) is 8.42 Å². The normalized spacial score (nSPS) is 11.1. The van der Waals surface area contributed by atoms with Crippen molar-refractivity contribution < 1.29 is 22.7 Å². The molecule has 0 amide bonds. The number of hydrogen-bond donors (Lipinski definition) is 1. The predicted molar refractivity (Wildman–Crippen MR) is 116 cm³/mol. The van der Waals surface area contributed by atoms with E-state index in [9.17, 15) is 13.2 Å². The number of hydrogen-bond acceptors (Lipinski definition) is 5. The van der Waals surface area contributed by atoms with Crippen molar-refractivity contribution in [2.45, 2.75) is 18.7 Å². The van der Waals surface area contributed by atoms with Crippen LogP contribution in [0.25, 0.3) is 0 Å². The first-order chi connectivity index (χ1) is 14.3. The number of methoxy groups -OCH3 is 2. The van der Waals surface area contributed by atoms with Gasteiger partial charge in [0.15, 0.2) is 17.3 Å². The second-order valence-corrected chi connectivity index (χ2v) is 8.50. The molecule has 0 atom stereocenters. The summed E-state index contributed by atoms with van der Waals surface area (Å²) in [6.45, 7) is 3.66. The maximum atomic E-state index is 13.3. The summed E-state index contributed by atoms with van der Waals surface area (Å²) >= 11 is 0. The molecular weight excluding hydrogens is 402 g/mol. The number of aryl methyl sites for hydroxylation is 2. The third kappa shape index (κ3) is 4.31. The zero-order valence-corrected chi connectivity index (χ0v) is 18.0. The highest BCUT2D eigenvalue weighted by atomic mass is 32.2. The molecule has 0 radical (unpaired) electrons. The van der Waals surface area contributed by atoms with Crippen molar-refractivity contribution in [3.8, 4) is 11.5 Å². The van der Waals surface area contributed by atoms with Crippen molar-refractivity contribution in [1.29, 1.82) is 0 Å². The fraction of sp³-hybridized carbons (Fsp3) is 0.174. The number of carbonyl (C=O) groups excluding carboxylic acids is 1. The molecule has 6 nitrogen and oxygen atoms in total. The minimum Gasteiger partial charge on any atom is -0.493 e. The molecule has 0 aliphatic heterocycles. The first-order valence-electron chi connectivity index (χ1n) is 9.22. The summed E-state index contributed by atoms with van der Waals surface area (Å²) in [6, 6.07) is 16.3. The average molecular weight is 426 g/mol. The van der Waals surface area contributed by atoms with E-state index in [-0.39, 0.29) is 21.9 Å². The van der Waals surface area contributed by atoms with Crippen LogP contribution in [0.5, 0.6) is 11.5 Å². The number of ether oxygens (including phenoxy) is 2. The van der Waals surface area contributed by atoms with Crippen LogP contribution in [0.3, 0.4) is 0 Å². The summed E-state index contributed by atoms with van der Waals surface area (Å²) in [7, 11) is -0.836. The van der Waals surface area contributed by atoms with Gasteiger partial charge in [0.25, 0.3) is 10.0 Å². The third-order valence-electron chi connectivity index (χ3n) is 4.72. The van der Waals surface area contributed by atoms with Crippen LogP contribution in [0.15, 0.2) is 65.6 Å². The molecule has 0 bridgehead atoms. The largest absolute Gasteiger partial charge is 0.493 e. The molecule has 0 aromatic heterocycles. The van der Waals surface area contributed by atoms with Crippen LogP contribution >= 0.6 is 0 Å². The Morgan fingerprint density at radius 3 is 2.07 bits per heavy atom. The van der Waals surface area contributed by atoms with E-state index in [4.69, 9.17) is 9.47 Å². The van der Waals surface area contributed by atoms with Crippen LogP contribution in [0.2, 0.25) is 0 Å². The molecule has 3 aromatic carbocycles. The van der Waals surface area contributed by atoms with E-state index < -0.39 is 10.0 Å². The van der Waals surface area contributed by atoms with E-state index >= 15 is 0 Å². The second kappa shape index (κ2) is 8.59. The van der Waals surface area contributed by atoms with Crippen molar-refractivity contribution in [3.63, 3.8) is 0 Å². The zero-order valence-electron chi connectivity index (χ0n) is 17.2. The maximum Gasteiger partial charge on any atom is 0.261 e. The molecule has 0 fully saturated rings. The Morgan fingerprint density at radius 2 is 1.43 bits per heavy atom. The minimum atomic E-state index is -3.85. The van der Waals surface area contributed by atoms with Crippen molar-refractivity contribution >= 4 is 21.5 Å². The molecule has 156 valence electrons. The predicted octanol–water partition coefficient (Wildman–Crippen LogP) is 4.35. The summed E-state index contributed by atoms with van der Waals surface area (Å²) in [5.41, 5.74) is 2.48. The van der Waals surface area contributed by atoms with Crippen LogP contribution in [0.4, 0.5) is 5.69 Å². The molecular formula is C23H23NO5S. The zero-order chi connectivity index (χ0) is 21.9. The SMILES string of the molecule is COc1cc(C)c(C(=O)c2ccccc2NS(=O)(=O)c2ccc(C)cc2)cc1OC. The summed E-state index contributed by atoms with van der Waals surface area (Å²) in [5, 5.41) is 0. The van der Waals surface area contributed by atoms with Crippen molar-refractivity contribution in [1.82, 2.24) is 0 Å². The molecule has 0 aliphatic rings. The summed E-state index contributed by atoms with van der Waals surface area (Å²) in [5.74, 6) is 0.611. The van der Waals surface area contributed by atoms with Gasteiger partial charge in [0.1, 0.15) is 0 Å². The van der Waals surface area contributed by atoms with Crippen LogP contribution in [0.1, 0.15) is 27.0 Å². The third-order valence-corrected chi connectivity index (χ3v) is 6.10. The van der Waals surface area contributed by atoms with E-state index in [1.54, 1.807) is 55.5 Å². The van der Waals surface area contributed by atoms with Crippen LogP contribution in [-0.2, 0) is 10.0 Å². The quantitative estimate of drug-likeness (QED) is 0.569. The van der Waals surface area contributed by atoms with Gasteiger partial charge in [-0.3, -0.25) is 9.52 Å². The van der Waals surface area contributed by atoms with Gasteiger partial charge in [-0.05, 0) is 55.8 Å². The number of anilines is 1. The van der Waals surface area contributed by atoms with Gasteiger partial charge in [-0.2, -0.15) is 0 Å². The molecule has 30 heavy (non-hydrogen) atoms. The Morgan fingerprint density at radius 1 is 0.833 bits per heavy atom. The van der Waals surface area contributed by atoms with E-state index in [1.165, 1.54) is 26.4 Å². The maximum absolute atomic E-state index is 13.3. The number of rotatable bonds is 7. The van der Waals surface area contributed by atoms with Gasteiger partial charge in [-0.1, -0.05) is 29.8 Å². The fourth-order valence-corrected chi connectivity index (χ4v) is 4.14. The first-order valence-corrected chi connectivity index (χ1v) is 10.7. The molecule has 0 saturated heterocycles. The van der Waals surface area contributed by atoms with Gasteiger partial charge in [-0.15, -0.1) is 0 Å². The van der Waals surface area contributed by atoms with E-state index in [2.05, 4.69) is 4.72 Å². The van der Waals surface area contributed by atoms with Gasteiger partial charge in [0.2, 0.25) is 0 Å². The van der Waals surface area contributed by atoms with Gasteiger partial charge in [0.05, 0.1) is 24.8 Å². The summed E-state index contributed by atoms with van der Waals surface area (Å²) in [6.07, 6.45) is 0. The Hall–Kier alpha value is -3.32. The molecule has 3 rings (SSSR count). The monoisotopic (exact) mass is 425 g/mol. The van der Waals surface area contributed by atoms with E-state index in [0.29, 0.717) is 22.6 Å². The van der Waals surface area contributed by atoms with Crippen LogP contribution in [0, 0.1) is 13.8 Å². The summed E-state index contributed by atoms with van der Waals surface area (Å²) < 4.78 is 38.8. The highest BCUT2D eigenvalue weighted by Crippen LogP contribution is 2.32. The summed E-state index contributed by atoms with van der Waals surface area (Å²) in [4.78, 5) is 13.4. The molecule has 0 aliphatic carbocycles. The van der Waals surface area contributed by atoms with Crippen molar-refractivity contribution in [3.05, 3.63) is 82.9 Å². The van der Waals surface area contributed by atoms with Gasteiger partial charge >= 0.3 is 0 Å². The molecule has 0 spiro atoms. The molecule has 0 heterocycles. The Bertz CT molecular complexity index is 1180. The second-order valence-electron chi connectivity index (χ2n) is 6.82. The lowest BCUT2D eigenvalue weighted by molar-refractivity contribution is 0.103. The molecule has 0 saturated carbocycles. The van der Waals surface area contributed by atoms with Crippen molar-refractivity contribution in [2.75, 3.05) is 18.9 Å². The van der Waals surface area contributed by atoms with Gasteiger partial charge < -0.3 is 9.47 Å². The van der Waals surface area contributed by atoms with E-state index in [0.717, 1.165) is 5.56 Å². The smallest absolute Gasteiger partial charge is 0.261 e. The van der Waals surface area contributed by atoms with Gasteiger partial charge in [0, 0.05) is 11.1 Å². The number of ketones is 1. The highest BCUT2D eigenvalue weighted by Gasteiger charge is 2.22. The molecule has 3 aromatic rings. The Kier molecular flexibility index (Phi) is 6.12. The van der Waals surface area contributed by atoms with Crippen LogP contribution < -0.4 is 14.2 Å². The fourth-order valence-electron chi connectivity index (χ4n) is 3.06. The Labute approximate surface area is 176 Å². The minimum absolute atomic E-state index is 0.123. The Balaban J connectivity index is 2.01. The van der Waals surface area contributed by atoms with Crippen LogP contribution in [-0.4, -0.2) is 28.4 Å². The first kappa shape index (κ1) is 21.4. The number of sulfonamides is 1. The van der Waals surface area contributed by atoms with Crippen molar-refractivity contribution in [2.24, 2.45) is 0 Å². The molecule has 1 N–H and O–H groups in total. The lowest BCUT2D eigenvalue weighted by atomic mass is 9.97. The lowest BCUT2D eigenvalue weighted by Gasteiger charge is -2.15. The topological polar surface area (TPSA) is 81.7 Å². The number of benzene rings is 3.